The maximum atomic E-state index is 14.1. The number of nitrogens with zero attached hydrogens (tertiary/aromatic N) is 3. The van der Waals surface area contributed by atoms with Gasteiger partial charge in [0, 0.05) is 29.3 Å². The Balaban J connectivity index is 2.08. The van der Waals surface area contributed by atoms with Gasteiger partial charge in [0.15, 0.2) is 5.17 Å². The third-order valence-corrected chi connectivity index (χ3v) is 4.45. The first kappa shape index (κ1) is 14.0. The molecule has 0 saturated carbocycles. The summed E-state index contributed by atoms with van der Waals surface area (Å²) < 4.78 is 14.1. The van der Waals surface area contributed by atoms with Crippen LogP contribution >= 0.6 is 11.8 Å². The lowest BCUT2D eigenvalue weighted by Gasteiger charge is -2.30. The Hall–Kier alpha value is -1.95. The van der Waals surface area contributed by atoms with Crippen molar-refractivity contribution in [2.24, 2.45) is 10.7 Å². The number of aromatic nitrogens is 2. The van der Waals surface area contributed by atoms with Gasteiger partial charge in [0.1, 0.15) is 12.1 Å². The maximum absolute atomic E-state index is 14.1. The van der Waals surface area contributed by atoms with Crippen molar-refractivity contribution >= 4 is 16.9 Å². The van der Waals surface area contributed by atoms with E-state index < -0.39 is 5.54 Å². The fourth-order valence-corrected chi connectivity index (χ4v) is 3.39. The van der Waals surface area contributed by atoms with E-state index in [1.807, 2.05) is 13.0 Å². The Kier molecular flexibility index (Phi) is 3.63. The highest BCUT2D eigenvalue weighted by Crippen LogP contribution is 2.37. The quantitative estimate of drug-likeness (QED) is 0.926. The van der Waals surface area contributed by atoms with Crippen LogP contribution in [0.15, 0.2) is 41.9 Å². The largest absolute Gasteiger partial charge is 0.379 e. The van der Waals surface area contributed by atoms with Crippen LogP contribution < -0.4 is 5.73 Å². The molecule has 6 heteroatoms. The highest BCUT2D eigenvalue weighted by atomic mass is 32.2. The van der Waals surface area contributed by atoms with Gasteiger partial charge in [0.2, 0.25) is 0 Å². The van der Waals surface area contributed by atoms with Gasteiger partial charge in [-0.2, -0.15) is 0 Å². The molecule has 2 aromatic rings. The number of hydrogen-bond donors (Lipinski definition) is 1. The molecule has 108 valence electrons. The van der Waals surface area contributed by atoms with Crippen LogP contribution in [-0.2, 0) is 5.54 Å². The van der Waals surface area contributed by atoms with Gasteiger partial charge in [-0.15, -0.1) is 0 Å². The molecule has 0 saturated heterocycles. The Morgan fingerprint density at radius 1 is 1.29 bits per heavy atom. The standard InChI is InChI=1S/C15H15FN4S/c1-15(4-5-21-14(17)20-15)11-2-3-13(16)12(6-11)10-7-18-9-19-8-10/h2-3,6-9H,4-5H2,1H3,(H2,17,20)/t15-/m0/s1. The highest BCUT2D eigenvalue weighted by Gasteiger charge is 2.30. The number of halogens is 1. The molecule has 1 atom stereocenters. The molecule has 3 rings (SSSR count). The summed E-state index contributed by atoms with van der Waals surface area (Å²) in [6, 6.07) is 5.06. The zero-order chi connectivity index (χ0) is 14.9. The van der Waals surface area contributed by atoms with Crippen molar-refractivity contribution in [2.45, 2.75) is 18.9 Å². The van der Waals surface area contributed by atoms with Gasteiger partial charge < -0.3 is 5.73 Å². The SMILES string of the molecule is C[C@@]1(c2ccc(F)c(-c3cncnc3)c2)CCSC(N)=N1. The molecule has 1 aromatic heterocycles. The molecule has 0 unspecified atom stereocenters. The lowest BCUT2D eigenvalue weighted by Crippen LogP contribution is -2.28. The first-order valence-electron chi connectivity index (χ1n) is 6.62. The van der Waals surface area contributed by atoms with Crippen molar-refractivity contribution in [3.05, 3.63) is 48.3 Å². The van der Waals surface area contributed by atoms with Crippen molar-refractivity contribution in [3.8, 4) is 11.1 Å². The van der Waals surface area contributed by atoms with Gasteiger partial charge in [-0.05, 0) is 31.0 Å². The molecule has 0 radical (unpaired) electrons. The first-order valence-corrected chi connectivity index (χ1v) is 7.61. The summed E-state index contributed by atoms with van der Waals surface area (Å²) in [7, 11) is 0. The Labute approximate surface area is 126 Å². The normalized spacial score (nSPS) is 21.9. The molecule has 0 amide bonds. The van der Waals surface area contributed by atoms with Crippen LogP contribution in [-0.4, -0.2) is 20.9 Å². The molecule has 0 spiro atoms. The van der Waals surface area contributed by atoms with Crippen molar-refractivity contribution in [1.29, 1.82) is 0 Å². The number of hydrogen-bond acceptors (Lipinski definition) is 5. The van der Waals surface area contributed by atoms with E-state index in [1.165, 1.54) is 12.4 Å². The molecular weight excluding hydrogens is 287 g/mol. The molecule has 21 heavy (non-hydrogen) atoms. The predicted octanol–water partition coefficient (Wildman–Crippen LogP) is 2.95. The zero-order valence-electron chi connectivity index (χ0n) is 11.6. The van der Waals surface area contributed by atoms with Crippen molar-refractivity contribution < 1.29 is 4.39 Å². The van der Waals surface area contributed by atoms with Gasteiger partial charge in [-0.1, -0.05) is 17.8 Å². The van der Waals surface area contributed by atoms with Crippen molar-refractivity contribution in [2.75, 3.05) is 5.75 Å². The van der Waals surface area contributed by atoms with Gasteiger partial charge in [-0.3, -0.25) is 4.99 Å². The Bertz CT molecular complexity index is 689. The molecule has 4 nitrogen and oxygen atoms in total. The van der Waals surface area contributed by atoms with Crippen LogP contribution in [0.2, 0.25) is 0 Å². The van der Waals surface area contributed by atoms with Crippen molar-refractivity contribution in [3.63, 3.8) is 0 Å². The first-order chi connectivity index (χ1) is 10.1. The number of benzene rings is 1. The number of thioether (sulfide) groups is 1. The molecule has 1 aliphatic heterocycles. The van der Waals surface area contributed by atoms with Gasteiger partial charge in [0.25, 0.3) is 0 Å². The minimum absolute atomic E-state index is 0.292. The summed E-state index contributed by atoms with van der Waals surface area (Å²) in [5.41, 5.74) is 7.53. The van der Waals surface area contributed by atoms with Crippen LogP contribution in [0.5, 0.6) is 0 Å². The topological polar surface area (TPSA) is 64.2 Å². The highest BCUT2D eigenvalue weighted by molar-refractivity contribution is 8.13. The van der Waals surface area contributed by atoms with Crippen LogP contribution in [0.25, 0.3) is 11.1 Å². The third-order valence-electron chi connectivity index (χ3n) is 3.66. The zero-order valence-corrected chi connectivity index (χ0v) is 12.4. The lowest BCUT2D eigenvalue weighted by molar-refractivity contribution is 0.481. The molecule has 1 aliphatic rings. The number of amidine groups is 1. The summed E-state index contributed by atoms with van der Waals surface area (Å²) in [4.78, 5) is 12.4. The predicted molar refractivity (Wildman–Crippen MR) is 83.5 cm³/mol. The average molecular weight is 302 g/mol. The van der Waals surface area contributed by atoms with Gasteiger partial charge in [-0.25, -0.2) is 14.4 Å². The van der Waals surface area contributed by atoms with E-state index in [0.29, 0.717) is 16.3 Å². The molecule has 0 fully saturated rings. The Morgan fingerprint density at radius 3 is 2.76 bits per heavy atom. The third kappa shape index (κ3) is 2.76. The number of nitrogens with two attached hydrogens (primary N) is 1. The van der Waals surface area contributed by atoms with Gasteiger partial charge in [0.05, 0.1) is 5.54 Å². The molecule has 1 aromatic carbocycles. The second kappa shape index (κ2) is 5.44. The minimum atomic E-state index is -0.409. The summed E-state index contributed by atoms with van der Waals surface area (Å²) in [6.45, 7) is 2.03. The lowest BCUT2D eigenvalue weighted by atomic mass is 9.88. The maximum Gasteiger partial charge on any atom is 0.154 e. The summed E-state index contributed by atoms with van der Waals surface area (Å²) >= 11 is 1.55. The second-order valence-corrected chi connectivity index (χ2v) is 6.26. The van der Waals surface area contributed by atoms with E-state index in [-0.39, 0.29) is 5.82 Å². The molecule has 0 bridgehead atoms. The fraction of sp³-hybridized carbons (Fsp3) is 0.267. The molecule has 0 aliphatic carbocycles. The summed E-state index contributed by atoms with van der Waals surface area (Å²) in [5.74, 6) is 0.617. The van der Waals surface area contributed by atoms with Gasteiger partial charge >= 0.3 is 0 Å². The molecule has 2 N–H and O–H groups in total. The fourth-order valence-electron chi connectivity index (χ4n) is 2.41. The monoisotopic (exact) mass is 302 g/mol. The van der Waals surface area contributed by atoms with E-state index in [0.717, 1.165) is 17.7 Å². The minimum Gasteiger partial charge on any atom is -0.379 e. The van der Waals surface area contributed by atoms with Crippen molar-refractivity contribution in [1.82, 2.24) is 9.97 Å². The van der Waals surface area contributed by atoms with Crippen LogP contribution in [0, 0.1) is 5.82 Å². The summed E-state index contributed by atoms with van der Waals surface area (Å²) in [6.07, 6.45) is 5.50. The smallest absolute Gasteiger partial charge is 0.154 e. The van der Waals surface area contributed by atoms with Crippen LogP contribution in [0.1, 0.15) is 18.9 Å². The van der Waals surface area contributed by atoms with E-state index in [2.05, 4.69) is 15.0 Å². The Morgan fingerprint density at radius 2 is 2.05 bits per heavy atom. The number of aliphatic imine (C=N–C) groups is 1. The number of rotatable bonds is 2. The van der Waals surface area contributed by atoms with E-state index in [1.54, 1.807) is 30.2 Å². The average Bonchev–Trinajstić information content (AvgIpc) is 2.48. The van der Waals surface area contributed by atoms with Crippen LogP contribution in [0.4, 0.5) is 4.39 Å². The molecular formula is C15H15FN4S. The van der Waals surface area contributed by atoms with E-state index in [9.17, 15) is 4.39 Å². The second-order valence-electron chi connectivity index (χ2n) is 5.14. The summed E-state index contributed by atoms with van der Waals surface area (Å²) in [5, 5.41) is 0.581. The van der Waals surface area contributed by atoms with Crippen LogP contribution in [0.3, 0.4) is 0 Å². The van der Waals surface area contributed by atoms with E-state index in [4.69, 9.17) is 5.73 Å². The molecule has 2 heterocycles. The van der Waals surface area contributed by atoms with E-state index >= 15 is 0 Å².